The standard InChI is InChI=1S/C9H10O4S/c10-5-6-14(13)8-3-1-7(2-4-8)9(11)12/h1-4,10H,5-6H2,(H,11,12). The van der Waals surface area contributed by atoms with E-state index in [-0.39, 0.29) is 17.9 Å². The van der Waals surface area contributed by atoms with Crippen molar-refractivity contribution in [2.24, 2.45) is 0 Å². The summed E-state index contributed by atoms with van der Waals surface area (Å²) in [5.74, 6) is -0.837. The Balaban J connectivity index is 2.83. The Morgan fingerprint density at radius 3 is 2.29 bits per heavy atom. The first-order valence-electron chi connectivity index (χ1n) is 3.97. The van der Waals surface area contributed by atoms with Gasteiger partial charge in [-0.25, -0.2) is 4.79 Å². The summed E-state index contributed by atoms with van der Waals surface area (Å²) < 4.78 is 11.3. The summed E-state index contributed by atoms with van der Waals surface area (Å²) in [6.45, 7) is -0.146. The topological polar surface area (TPSA) is 74.6 Å². The molecule has 0 radical (unpaired) electrons. The zero-order chi connectivity index (χ0) is 10.6. The maximum absolute atomic E-state index is 11.3. The third kappa shape index (κ3) is 2.65. The van der Waals surface area contributed by atoms with Crippen LogP contribution in [-0.4, -0.2) is 32.8 Å². The second-order valence-corrected chi connectivity index (χ2v) is 4.17. The summed E-state index contributed by atoms with van der Waals surface area (Å²) in [4.78, 5) is 11.0. The molecule has 0 aliphatic heterocycles. The molecule has 0 aliphatic rings. The molecule has 0 fully saturated rings. The summed E-state index contributed by atoms with van der Waals surface area (Å²) in [6, 6.07) is 5.78. The fourth-order valence-electron chi connectivity index (χ4n) is 0.950. The van der Waals surface area contributed by atoms with Crippen LogP contribution >= 0.6 is 0 Å². The smallest absolute Gasteiger partial charge is 0.335 e. The van der Waals surface area contributed by atoms with Gasteiger partial charge in [0.05, 0.1) is 28.7 Å². The van der Waals surface area contributed by atoms with E-state index in [0.717, 1.165) is 0 Å². The van der Waals surface area contributed by atoms with Crippen LogP contribution in [0.2, 0.25) is 0 Å². The third-order valence-electron chi connectivity index (χ3n) is 1.64. The van der Waals surface area contributed by atoms with Crippen LogP contribution in [0.4, 0.5) is 0 Å². The molecule has 0 aromatic heterocycles. The first-order valence-corrected chi connectivity index (χ1v) is 5.29. The molecule has 0 amide bonds. The largest absolute Gasteiger partial charge is 0.478 e. The number of carboxylic acids is 1. The van der Waals surface area contributed by atoms with Crippen molar-refractivity contribution in [3.63, 3.8) is 0 Å². The molecule has 0 heterocycles. The fourth-order valence-corrected chi connectivity index (χ4v) is 1.79. The van der Waals surface area contributed by atoms with Crippen molar-refractivity contribution in [3.8, 4) is 0 Å². The second-order valence-electron chi connectivity index (χ2n) is 2.60. The van der Waals surface area contributed by atoms with Gasteiger partial charge < -0.3 is 10.2 Å². The number of hydrogen-bond acceptors (Lipinski definition) is 3. The van der Waals surface area contributed by atoms with Crippen LogP contribution in [0.5, 0.6) is 0 Å². The van der Waals surface area contributed by atoms with Gasteiger partial charge in [-0.15, -0.1) is 0 Å². The van der Waals surface area contributed by atoms with Crippen molar-refractivity contribution in [1.82, 2.24) is 0 Å². The van der Waals surface area contributed by atoms with Crippen LogP contribution in [-0.2, 0) is 10.8 Å². The van der Waals surface area contributed by atoms with E-state index >= 15 is 0 Å². The van der Waals surface area contributed by atoms with Crippen LogP contribution in [0.3, 0.4) is 0 Å². The maximum atomic E-state index is 11.3. The van der Waals surface area contributed by atoms with E-state index < -0.39 is 16.8 Å². The van der Waals surface area contributed by atoms with Gasteiger partial charge in [-0.3, -0.25) is 4.21 Å². The number of aliphatic hydroxyl groups excluding tert-OH is 1. The second kappa shape index (κ2) is 4.88. The molecule has 1 aromatic carbocycles. The van der Waals surface area contributed by atoms with Gasteiger partial charge in [-0.2, -0.15) is 0 Å². The van der Waals surface area contributed by atoms with E-state index in [2.05, 4.69) is 0 Å². The molecular weight excluding hydrogens is 204 g/mol. The number of carbonyl (C=O) groups is 1. The molecule has 0 bridgehead atoms. The van der Waals surface area contributed by atoms with Crippen molar-refractivity contribution in [3.05, 3.63) is 29.8 Å². The van der Waals surface area contributed by atoms with Gasteiger partial charge in [-0.05, 0) is 24.3 Å². The number of carboxylic acid groups (broad SMARTS) is 1. The Kier molecular flexibility index (Phi) is 3.79. The number of aromatic carboxylic acids is 1. The molecule has 0 spiro atoms. The molecule has 1 atom stereocenters. The number of rotatable bonds is 4. The first-order chi connectivity index (χ1) is 6.65. The average Bonchev–Trinajstić information content (AvgIpc) is 2.18. The van der Waals surface area contributed by atoms with E-state index in [0.29, 0.717) is 4.90 Å². The monoisotopic (exact) mass is 214 g/mol. The summed E-state index contributed by atoms with van der Waals surface area (Å²) >= 11 is 0. The van der Waals surface area contributed by atoms with Gasteiger partial charge in [0.15, 0.2) is 0 Å². The van der Waals surface area contributed by atoms with E-state index in [9.17, 15) is 9.00 Å². The van der Waals surface area contributed by atoms with Gasteiger partial charge in [0, 0.05) is 4.90 Å². The predicted octanol–water partition coefficient (Wildman–Crippen LogP) is 0.485. The van der Waals surface area contributed by atoms with Crippen molar-refractivity contribution in [2.45, 2.75) is 4.90 Å². The molecule has 4 nitrogen and oxygen atoms in total. The molecule has 5 heteroatoms. The van der Waals surface area contributed by atoms with Crippen molar-refractivity contribution in [2.75, 3.05) is 12.4 Å². The lowest BCUT2D eigenvalue weighted by molar-refractivity contribution is 0.0697. The van der Waals surface area contributed by atoms with Crippen molar-refractivity contribution < 1.29 is 19.2 Å². The molecule has 76 valence electrons. The minimum Gasteiger partial charge on any atom is -0.478 e. The highest BCUT2D eigenvalue weighted by Gasteiger charge is 2.05. The summed E-state index contributed by atoms with van der Waals surface area (Å²) in [5, 5.41) is 17.2. The van der Waals surface area contributed by atoms with Crippen LogP contribution in [0.25, 0.3) is 0 Å². The summed E-state index contributed by atoms with van der Waals surface area (Å²) in [6.07, 6.45) is 0. The Hall–Kier alpha value is -1.20. The number of hydrogen-bond donors (Lipinski definition) is 2. The summed E-state index contributed by atoms with van der Waals surface area (Å²) in [7, 11) is -1.25. The molecule has 1 unspecified atom stereocenters. The molecule has 1 rings (SSSR count). The number of aliphatic hydroxyl groups is 1. The molecule has 2 N–H and O–H groups in total. The predicted molar refractivity (Wildman–Crippen MR) is 51.8 cm³/mol. The lowest BCUT2D eigenvalue weighted by Gasteiger charge is -2.00. The van der Waals surface area contributed by atoms with Crippen molar-refractivity contribution in [1.29, 1.82) is 0 Å². The van der Waals surface area contributed by atoms with Gasteiger partial charge in [-0.1, -0.05) is 0 Å². The molecule has 14 heavy (non-hydrogen) atoms. The quantitative estimate of drug-likeness (QED) is 0.764. The van der Waals surface area contributed by atoms with Gasteiger partial charge >= 0.3 is 5.97 Å². The van der Waals surface area contributed by atoms with E-state index in [4.69, 9.17) is 10.2 Å². The Morgan fingerprint density at radius 1 is 1.29 bits per heavy atom. The molecule has 0 aliphatic carbocycles. The lowest BCUT2D eigenvalue weighted by atomic mass is 10.2. The first kappa shape index (κ1) is 10.9. The lowest BCUT2D eigenvalue weighted by Crippen LogP contribution is -2.03. The highest BCUT2D eigenvalue weighted by atomic mass is 32.2. The van der Waals surface area contributed by atoms with Crippen LogP contribution < -0.4 is 0 Å². The zero-order valence-corrected chi connectivity index (χ0v) is 8.16. The third-order valence-corrected chi connectivity index (χ3v) is 2.99. The van der Waals surface area contributed by atoms with Crippen LogP contribution in [0.1, 0.15) is 10.4 Å². The maximum Gasteiger partial charge on any atom is 0.335 e. The zero-order valence-electron chi connectivity index (χ0n) is 7.34. The van der Waals surface area contributed by atoms with Crippen LogP contribution in [0.15, 0.2) is 29.2 Å². The minimum absolute atomic E-state index is 0.146. The molecule has 0 saturated carbocycles. The van der Waals surface area contributed by atoms with E-state index in [1.807, 2.05) is 0 Å². The van der Waals surface area contributed by atoms with E-state index in [1.54, 1.807) is 0 Å². The Morgan fingerprint density at radius 2 is 1.86 bits per heavy atom. The van der Waals surface area contributed by atoms with Crippen molar-refractivity contribution >= 4 is 16.8 Å². The SMILES string of the molecule is O=C(O)c1ccc(S(=O)CCO)cc1. The van der Waals surface area contributed by atoms with Gasteiger partial charge in [0.25, 0.3) is 0 Å². The van der Waals surface area contributed by atoms with Gasteiger partial charge in [0.1, 0.15) is 0 Å². The molecule has 0 saturated heterocycles. The molecule has 1 aromatic rings. The molecular formula is C9H10O4S. The number of benzene rings is 1. The minimum atomic E-state index is -1.25. The highest BCUT2D eigenvalue weighted by Crippen LogP contribution is 2.08. The van der Waals surface area contributed by atoms with Gasteiger partial charge in [0.2, 0.25) is 0 Å². The average molecular weight is 214 g/mol. The normalized spacial score (nSPS) is 12.4. The summed E-state index contributed by atoms with van der Waals surface area (Å²) in [5.41, 5.74) is 0.162. The fraction of sp³-hybridized carbons (Fsp3) is 0.222. The highest BCUT2D eigenvalue weighted by molar-refractivity contribution is 7.85. The van der Waals surface area contributed by atoms with Crippen LogP contribution in [0, 0.1) is 0 Å². The Labute approximate surface area is 83.7 Å². The van der Waals surface area contributed by atoms with E-state index in [1.165, 1.54) is 24.3 Å². The Bertz CT molecular complexity index is 344.